The van der Waals surface area contributed by atoms with E-state index < -0.39 is 0 Å². The van der Waals surface area contributed by atoms with Gasteiger partial charge in [-0.15, -0.1) is 0 Å². The van der Waals surface area contributed by atoms with Gasteiger partial charge < -0.3 is 15.4 Å². The number of carbonyl (C=O) groups excluding carboxylic acids is 1. The Kier molecular flexibility index (Phi) is 7.24. The number of ether oxygens (including phenoxy) is 1. The number of nitrogens with zero attached hydrogens (tertiary/aromatic N) is 2. The number of likely N-dealkylation sites (tertiary alicyclic amines) is 1. The Morgan fingerprint density at radius 2 is 1.73 bits per heavy atom. The molecule has 176 valence electrons. The molecule has 0 spiro atoms. The van der Waals surface area contributed by atoms with Crippen LogP contribution in [0.3, 0.4) is 0 Å². The van der Waals surface area contributed by atoms with Gasteiger partial charge in [-0.25, -0.2) is 0 Å². The molecule has 0 bridgehead atoms. The Bertz CT molecular complexity index is 898. The molecule has 33 heavy (non-hydrogen) atoms. The van der Waals surface area contributed by atoms with Crippen molar-refractivity contribution >= 4 is 11.6 Å². The summed E-state index contributed by atoms with van der Waals surface area (Å²) in [5.41, 5.74) is 3.24. The molecule has 2 N–H and O–H groups in total. The van der Waals surface area contributed by atoms with E-state index in [1.807, 2.05) is 12.1 Å². The number of hydrogen-bond acceptors (Lipinski definition) is 5. The minimum Gasteiger partial charge on any atom is -0.382 e. The fraction of sp³-hybridized carbons (Fsp3) is 0.519. The maximum atomic E-state index is 12.5. The molecule has 2 aromatic rings. The predicted octanol–water partition coefficient (Wildman–Crippen LogP) is 3.07. The molecule has 2 aliphatic heterocycles. The van der Waals surface area contributed by atoms with Gasteiger partial charge in [-0.2, -0.15) is 0 Å². The van der Waals surface area contributed by atoms with Crippen LogP contribution in [0, 0.1) is 11.8 Å². The largest absolute Gasteiger partial charge is 0.382 e. The lowest BCUT2D eigenvalue weighted by Gasteiger charge is -2.26. The van der Waals surface area contributed by atoms with Gasteiger partial charge in [0.2, 0.25) is 0 Å². The molecule has 2 saturated heterocycles. The van der Waals surface area contributed by atoms with Crippen molar-refractivity contribution in [2.24, 2.45) is 11.8 Å². The van der Waals surface area contributed by atoms with Gasteiger partial charge in [0.05, 0.1) is 13.2 Å². The van der Waals surface area contributed by atoms with Crippen molar-refractivity contribution in [3.63, 3.8) is 0 Å². The first-order valence-corrected chi connectivity index (χ1v) is 12.5. The minimum absolute atomic E-state index is 0.00286. The second-order valence-electron chi connectivity index (χ2n) is 9.72. The Labute approximate surface area is 197 Å². The third kappa shape index (κ3) is 5.75. The van der Waals surface area contributed by atoms with Crippen LogP contribution in [-0.2, 0) is 11.3 Å². The highest BCUT2D eigenvalue weighted by Crippen LogP contribution is 2.40. The van der Waals surface area contributed by atoms with E-state index in [-0.39, 0.29) is 5.91 Å². The zero-order valence-electron chi connectivity index (χ0n) is 19.4. The smallest absolute Gasteiger partial charge is 0.251 e. The average Bonchev–Trinajstić information content (AvgIpc) is 3.42. The summed E-state index contributed by atoms with van der Waals surface area (Å²) < 4.78 is 5.37. The van der Waals surface area contributed by atoms with E-state index in [4.69, 9.17) is 4.74 Å². The highest BCUT2D eigenvalue weighted by molar-refractivity contribution is 5.94. The first-order valence-electron chi connectivity index (χ1n) is 12.5. The molecule has 6 nitrogen and oxygen atoms in total. The zero-order valence-corrected chi connectivity index (χ0v) is 19.4. The maximum Gasteiger partial charge on any atom is 0.251 e. The molecule has 2 heterocycles. The quantitative estimate of drug-likeness (QED) is 0.650. The van der Waals surface area contributed by atoms with Crippen molar-refractivity contribution in [2.45, 2.75) is 25.4 Å². The number of rotatable bonds is 8. The van der Waals surface area contributed by atoms with E-state index >= 15 is 0 Å². The highest BCUT2D eigenvalue weighted by atomic mass is 16.5. The summed E-state index contributed by atoms with van der Waals surface area (Å²) in [5, 5.41) is 6.82. The summed E-state index contributed by atoms with van der Waals surface area (Å²) >= 11 is 0. The summed E-state index contributed by atoms with van der Waals surface area (Å²) in [4.78, 5) is 17.4. The fourth-order valence-electron chi connectivity index (χ4n) is 5.69. The monoisotopic (exact) mass is 448 g/mol. The summed E-state index contributed by atoms with van der Waals surface area (Å²) in [6, 6.07) is 19.3. The molecule has 0 radical (unpaired) electrons. The van der Waals surface area contributed by atoms with Gasteiger partial charge >= 0.3 is 0 Å². The molecule has 3 atom stereocenters. The third-order valence-corrected chi connectivity index (χ3v) is 7.50. The van der Waals surface area contributed by atoms with Crippen molar-refractivity contribution in [2.75, 3.05) is 57.8 Å². The van der Waals surface area contributed by atoms with Crippen LogP contribution in [0.5, 0.6) is 0 Å². The summed E-state index contributed by atoms with van der Waals surface area (Å²) in [7, 11) is 0. The maximum absolute atomic E-state index is 12.5. The number of hydrogen-bond donors (Lipinski definition) is 2. The van der Waals surface area contributed by atoms with Gasteiger partial charge in [-0.1, -0.05) is 30.3 Å². The zero-order chi connectivity index (χ0) is 22.5. The average molecular weight is 449 g/mol. The Balaban J connectivity index is 1.09. The van der Waals surface area contributed by atoms with Crippen LogP contribution < -0.4 is 10.6 Å². The summed E-state index contributed by atoms with van der Waals surface area (Å²) in [6.45, 7) is 8.44. The number of carbonyl (C=O) groups is 1. The molecule has 3 unspecified atom stereocenters. The number of anilines is 1. The van der Waals surface area contributed by atoms with Gasteiger partial charge in [0.15, 0.2) is 0 Å². The van der Waals surface area contributed by atoms with E-state index in [1.165, 1.54) is 31.5 Å². The number of nitrogens with one attached hydrogen (secondary N) is 2. The molecular formula is C27H36N4O2. The lowest BCUT2D eigenvalue weighted by molar-refractivity contribution is 0.0383. The Morgan fingerprint density at radius 1 is 0.939 bits per heavy atom. The van der Waals surface area contributed by atoms with Crippen LogP contribution >= 0.6 is 0 Å². The lowest BCUT2D eigenvalue weighted by atomic mass is 9.97. The molecule has 0 aromatic heterocycles. The second-order valence-corrected chi connectivity index (χ2v) is 9.72. The molecule has 5 rings (SSSR count). The van der Waals surface area contributed by atoms with Gasteiger partial charge in [0, 0.05) is 63.1 Å². The summed E-state index contributed by atoms with van der Waals surface area (Å²) in [5.74, 6) is 1.50. The van der Waals surface area contributed by atoms with Crippen LogP contribution in [0.4, 0.5) is 5.69 Å². The SMILES string of the molecule is O=C(NCCN1CCOCC1)c1ccc(NC2CCC3CN(Cc4ccccc4)CC32)cc1. The minimum atomic E-state index is 0.00286. The Morgan fingerprint density at radius 3 is 2.52 bits per heavy atom. The first kappa shape index (κ1) is 22.4. The van der Waals surface area contributed by atoms with Crippen molar-refractivity contribution in [1.82, 2.24) is 15.1 Å². The van der Waals surface area contributed by atoms with E-state index in [0.29, 0.717) is 18.5 Å². The number of morpholine rings is 1. The summed E-state index contributed by atoms with van der Waals surface area (Å²) in [6.07, 6.45) is 2.54. The Hall–Kier alpha value is -2.41. The first-order chi connectivity index (χ1) is 16.2. The second kappa shape index (κ2) is 10.7. The molecular weight excluding hydrogens is 412 g/mol. The molecule has 1 saturated carbocycles. The molecule has 2 aromatic carbocycles. The van der Waals surface area contributed by atoms with Crippen molar-refractivity contribution in [1.29, 1.82) is 0 Å². The fourth-order valence-corrected chi connectivity index (χ4v) is 5.69. The van der Waals surface area contributed by atoms with Crippen LogP contribution in [0.15, 0.2) is 54.6 Å². The van der Waals surface area contributed by atoms with Crippen LogP contribution in [-0.4, -0.2) is 74.2 Å². The van der Waals surface area contributed by atoms with Gasteiger partial charge in [0.25, 0.3) is 5.91 Å². The van der Waals surface area contributed by atoms with Gasteiger partial charge in [0.1, 0.15) is 0 Å². The van der Waals surface area contributed by atoms with Gasteiger partial charge in [-0.05, 0) is 54.5 Å². The molecule has 1 aliphatic carbocycles. The van der Waals surface area contributed by atoms with E-state index in [9.17, 15) is 4.79 Å². The number of fused-ring (bicyclic) bond motifs is 1. The van der Waals surface area contributed by atoms with Crippen molar-refractivity contribution in [3.05, 3.63) is 65.7 Å². The topological polar surface area (TPSA) is 56.8 Å². The van der Waals surface area contributed by atoms with Crippen molar-refractivity contribution < 1.29 is 9.53 Å². The van der Waals surface area contributed by atoms with Crippen molar-refractivity contribution in [3.8, 4) is 0 Å². The predicted molar refractivity (Wildman–Crippen MR) is 131 cm³/mol. The number of benzene rings is 2. The van der Waals surface area contributed by atoms with Gasteiger partial charge in [-0.3, -0.25) is 14.6 Å². The van der Waals surface area contributed by atoms with E-state index in [0.717, 1.165) is 56.6 Å². The van der Waals surface area contributed by atoms with E-state index in [2.05, 4.69) is 62.9 Å². The normalized spacial score (nSPS) is 25.6. The number of amides is 1. The molecule has 6 heteroatoms. The van der Waals surface area contributed by atoms with Crippen LogP contribution in [0.2, 0.25) is 0 Å². The molecule has 3 fully saturated rings. The standard InChI is InChI=1S/C27H36N4O2/c32-27(28-12-13-30-14-16-33-17-15-30)22-6-9-24(10-7-22)29-26-11-8-23-19-31(20-25(23)26)18-21-4-2-1-3-5-21/h1-7,9-10,23,25-26,29H,8,11-20H2,(H,28,32). The van der Waals surface area contributed by atoms with Crippen LogP contribution in [0.25, 0.3) is 0 Å². The van der Waals surface area contributed by atoms with Crippen LogP contribution in [0.1, 0.15) is 28.8 Å². The lowest BCUT2D eigenvalue weighted by Crippen LogP contribution is -2.41. The molecule has 3 aliphatic rings. The molecule has 1 amide bonds. The van der Waals surface area contributed by atoms with E-state index in [1.54, 1.807) is 0 Å². The highest BCUT2D eigenvalue weighted by Gasteiger charge is 2.42. The third-order valence-electron chi connectivity index (χ3n) is 7.50.